The van der Waals surface area contributed by atoms with Crippen molar-refractivity contribution in [3.63, 3.8) is 0 Å². The van der Waals surface area contributed by atoms with Crippen LogP contribution >= 0.6 is 0 Å². The van der Waals surface area contributed by atoms with Crippen LogP contribution in [0, 0.1) is 11.8 Å². The number of amides is 2. The van der Waals surface area contributed by atoms with Crippen molar-refractivity contribution in [2.45, 2.75) is 32.1 Å². The molecule has 0 radical (unpaired) electrons. The van der Waals surface area contributed by atoms with Gasteiger partial charge in [-0.25, -0.2) is 4.79 Å². The molecule has 2 aliphatic rings. The number of piperidine rings is 2. The Hall–Kier alpha value is -1.30. The lowest BCUT2D eigenvalue weighted by Gasteiger charge is -2.31. The molecule has 2 heterocycles. The van der Waals surface area contributed by atoms with Crippen LogP contribution in [-0.4, -0.2) is 66.7 Å². The summed E-state index contributed by atoms with van der Waals surface area (Å²) in [6, 6.07) is -0.103. The van der Waals surface area contributed by atoms with Gasteiger partial charge in [-0.05, 0) is 58.2 Å². The molecule has 0 aromatic rings. The van der Waals surface area contributed by atoms with Crippen LogP contribution in [0.25, 0.3) is 0 Å². The van der Waals surface area contributed by atoms with Crippen LogP contribution in [0.2, 0.25) is 0 Å². The number of hydrogen-bond acceptors (Lipinski definition) is 3. The first-order valence-corrected chi connectivity index (χ1v) is 8.00. The number of carbonyl (C=O) groups excluding carboxylic acids is 1. The number of rotatable bonds is 4. The first-order chi connectivity index (χ1) is 10.1. The highest BCUT2D eigenvalue weighted by molar-refractivity contribution is 5.76. The van der Waals surface area contributed by atoms with Crippen molar-refractivity contribution >= 4 is 12.0 Å². The molecule has 2 saturated heterocycles. The third kappa shape index (κ3) is 4.88. The Morgan fingerprint density at radius 3 is 2.57 bits per heavy atom. The first-order valence-electron chi connectivity index (χ1n) is 8.00. The summed E-state index contributed by atoms with van der Waals surface area (Å²) in [6.45, 7) is 4.00. The molecule has 0 aliphatic carbocycles. The predicted molar refractivity (Wildman–Crippen MR) is 80.2 cm³/mol. The fourth-order valence-electron chi connectivity index (χ4n) is 3.21. The lowest BCUT2D eigenvalue weighted by molar-refractivity contribution is -0.143. The van der Waals surface area contributed by atoms with Crippen LogP contribution in [0.3, 0.4) is 0 Å². The molecule has 2 fully saturated rings. The van der Waals surface area contributed by atoms with Crippen LogP contribution in [0.15, 0.2) is 0 Å². The zero-order valence-corrected chi connectivity index (χ0v) is 12.9. The maximum atomic E-state index is 12.1. The molecule has 0 saturated carbocycles. The van der Waals surface area contributed by atoms with Gasteiger partial charge in [-0.2, -0.15) is 0 Å². The van der Waals surface area contributed by atoms with E-state index in [0.717, 1.165) is 25.9 Å². The number of carbonyl (C=O) groups is 2. The number of aliphatic carboxylic acids is 1. The fraction of sp³-hybridized carbons (Fsp3) is 0.867. The Balaban J connectivity index is 1.66. The van der Waals surface area contributed by atoms with E-state index in [1.807, 2.05) is 0 Å². The molecule has 2 aliphatic heterocycles. The molecule has 6 nitrogen and oxygen atoms in total. The van der Waals surface area contributed by atoms with Gasteiger partial charge < -0.3 is 20.2 Å². The monoisotopic (exact) mass is 297 g/mol. The van der Waals surface area contributed by atoms with Gasteiger partial charge >= 0.3 is 12.0 Å². The second kappa shape index (κ2) is 7.64. The van der Waals surface area contributed by atoms with Crippen LogP contribution < -0.4 is 5.32 Å². The Morgan fingerprint density at radius 1 is 1.19 bits per heavy atom. The van der Waals surface area contributed by atoms with E-state index in [4.69, 9.17) is 5.11 Å². The van der Waals surface area contributed by atoms with Crippen LogP contribution in [0.4, 0.5) is 4.79 Å². The third-order valence-electron chi connectivity index (χ3n) is 4.72. The minimum atomic E-state index is -0.793. The summed E-state index contributed by atoms with van der Waals surface area (Å²) in [7, 11) is 2.15. The first kappa shape index (κ1) is 16.1. The third-order valence-corrected chi connectivity index (χ3v) is 4.72. The van der Waals surface area contributed by atoms with Crippen LogP contribution in [0.5, 0.6) is 0 Å². The summed E-state index contributed by atoms with van der Waals surface area (Å²) < 4.78 is 0. The van der Waals surface area contributed by atoms with Crippen LogP contribution in [-0.2, 0) is 4.79 Å². The molecule has 2 amide bonds. The van der Waals surface area contributed by atoms with Gasteiger partial charge in [0.25, 0.3) is 0 Å². The van der Waals surface area contributed by atoms with Gasteiger partial charge in [-0.15, -0.1) is 0 Å². The molecule has 0 aromatic heterocycles. The lowest BCUT2D eigenvalue weighted by atomic mass is 9.94. The highest BCUT2D eigenvalue weighted by atomic mass is 16.4. The Kier molecular flexibility index (Phi) is 5.85. The summed E-state index contributed by atoms with van der Waals surface area (Å²) in [6.07, 6.45) is 4.89. The fourth-order valence-corrected chi connectivity index (χ4v) is 3.21. The summed E-state index contributed by atoms with van der Waals surface area (Å²) in [5, 5.41) is 12.0. The summed E-state index contributed by atoms with van der Waals surface area (Å²) in [5.74, 6) is -0.494. The number of nitrogens with one attached hydrogen (secondary N) is 1. The number of likely N-dealkylation sites (tertiary alicyclic amines) is 2. The molecule has 0 aromatic carbocycles. The molecule has 120 valence electrons. The second-order valence-electron chi connectivity index (χ2n) is 6.39. The molecule has 0 spiro atoms. The average Bonchev–Trinajstić information content (AvgIpc) is 2.49. The van der Waals surface area contributed by atoms with Crippen molar-refractivity contribution in [3.8, 4) is 0 Å². The van der Waals surface area contributed by atoms with Gasteiger partial charge in [-0.3, -0.25) is 4.79 Å². The number of nitrogens with zero attached hydrogens (tertiary/aromatic N) is 2. The summed E-state index contributed by atoms with van der Waals surface area (Å²) >= 11 is 0. The molecular formula is C15H27N3O3. The lowest BCUT2D eigenvalue weighted by Crippen LogP contribution is -2.47. The highest BCUT2D eigenvalue weighted by Crippen LogP contribution is 2.19. The highest BCUT2D eigenvalue weighted by Gasteiger charge is 2.28. The normalized spacial score (nSPS) is 24.8. The second-order valence-corrected chi connectivity index (χ2v) is 6.39. The van der Waals surface area contributed by atoms with E-state index in [1.165, 1.54) is 12.8 Å². The number of urea groups is 1. The van der Waals surface area contributed by atoms with Crippen molar-refractivity contribution in [1.82, 2.24) is 15.1 Å². The molecule has 1 unspecified atom stereocenters. The molecule has 1 atom stereocenters. The molecule has 0 bridgehead atoms. The standard InChI is InChI=1S/C15H27N3O3/c1-17-9-5-12(6-10-17)4-7-16-15(21)18-8-2-3-13(11-18)14(19)20/h12-13H,2-11H2,1H3,(H,16,21)(H,19,20). The zero-order valence-electron chi connectivity index (χ0n) is 12.9. The smallest absolute Gasteiger partial charge is 0.317 e. The summed E-state index contributed by atoms with van der Waals surface area (Å²) in [4.78, 5) is 27.1. The van der Waals surface area contributed by atoms with E-state index in [0.29, 0.717) is 32.0 Å². The zero-order chi connectivity index (χ0) is 15.2. The molecule has 2 N–H and O–H groups in total. The van der Waals surface area contributed by atoms with Gasteiger partial charge in [0.05, 0.1) is 5.92 Å². The number of hydrogen-bond donors (Lipinski definition) is 2. The topological polar surface area (TPSA) is 72.9 Å². The Bertz CT molecular complexity index is 367. The van der Waals surface area contributed by atoms with Crippen molar-refractivity contribution in [2.24, 2.45) is 11.8 Å². The van der Waals surface area contributed by atoms with Crippen LogP contribution in [0.1, 0.15) is 32.1 Å². The van der Waals surface area contributed by atoms with E-state index in [2.05, 4.69) is 17.3 Å². The summed E-state index contributed by atoms with van der Waals surface area (Å²) in [5.41, 5.74) is 0. The minimum Gasteiger partial charge on any atom is -0.481 e. The Labute approximate surface area is 126 Å². The minimum absolute atomic E-state index is 0.103. The van der Waals surface area contributed by atoms with Crippen molar-refractivity contribution in [1.29, 1.82) is 0 Å². The molecular weight excluding hydrogens is 270 g/mol. The molecule has 2 rings (SSSR count). The van der Waals surface area contributed by atoms with Crippen molar-refractivity contribution in [2.75, 3.05) is 39.8 Å². The Morgan fingerprint density at radius 2 is 1.90 bits per heavy atom. The average molecular weight is 297 g/mol. The van der Waals surface area contributed by atoms with E-state index in [-0.39, 0.29) is 6.03 Å². The number of carboxylic acids is 1. The largest absolute Gasteiger partial charge is 0.481 e. The van der Waals surface area contributed by atoms with Crippen molar-refractivity contribution < 1.29 is 14.7 Å². The molecule has 6 heteroatoms. The van der Waals surface area contributed by atoms with Gasteiger partial charge in [0, 0.05) is 19.6 Å². The van der Waals surface area contributed by atoms with E-state index in [9.17, 15) is 9.59 Å². The van der Waals surface area contributed by atoms with E-state index >= 15 is 0 Å². The van der Waals surface area contributed by atoms with Gasteiger partial charge in [0.15, 0.2) is 0 Å². The quantitative estimate of drug-likeness (QED) is 0.818. The SMILES string of the molecule is CN1CCC(CCNC(=O)N2CCCC(C(=O)O)C2)CC1. The van der Waals surface area contributed by atoms with E-state index in [1.54, 1.807) is 4.90 Å². The maximum Gasteiger partial charge on any atom is 0.317 e. The maximum absolute atomic E-state index is 12.1. The van der Waals surface area contributed by atoms with Crippen molar-refractivity contribution in [3.05, 3.63) is 0 Å². The van der Waals surface area contributed by atoms with E-state index < -0.39 is 11.9 Å². The van der Waals surface area contributed by atoms with Gasteiger partial charge in [0.2, 0.25) is 0 Å². The van der Waals surface area contributed by atoms with Gasteiger partial charge in [0.1, 0.15) is 0 Å². The molecule has 21 heavy (non-hydrogen) atoms. The van der Waals surface area contributed by atoms with Gasteiger partial charge in [-0.1, -0.05) is 0 Å². The predicted octanol–water partition coefficient (Wildman–Crippen LogP) is 1.22. The number of carboxylic acid groups (broad SMARTS) is 1.